The summed E-state index contributed by atoms with van der Waals surface area (Å²) in [5, 5.41) is 13.0. The molecule has 0 radical (unpaired) electrons. The Bertz CT molecular complexity index is 396. The maximum absolute atomic E-state index is 8.68. The summed E-state index contributed by atoms with van der Waals surface area (Å²) in [5.41, 5.74) is 1.50. The van der Waals surface area contributed by atoms with Gasteiger partial charge in [-0.3, -0.25) is 0 Å². The van der Waals surface area contributed by atoms with E-state index in [0.717, 1.165) is 10.9 Å². The van der Waals surface area contributed by atoms with Gasteiger partial charge in [0.2, 0.25) is 0 Å². The highest BCUT2D eigenvalue weighted by Gasteiger charge is 2.20. The topological polar surface area (TPSA) is 48.7 Å². The summed E-state index contributed by atoms with van der Waals surface area (Å²) in [6.07, 6.45) is 9.04. The molecule has 1 aliphatic rings. The number of thioether (sulfide) groups is 1. The second-order valence-corrected chi connectivity index (χ2v) is 5.55. The Morgan fingerprint density at radius 2 is 2.35 bits per heavy atom. The van der Waals surface area contributed by atoms with Crippen molar-refractivity contribution in [3.8, 4) is 6.07 Å². The number of pyridine rings is 1. The molecule has 4 heteroatoms. The third kappa shape index (κ3) is 3.37. The van der Waals surface area contributed by atoms with Crippen molar-refractivity contribution < 1.29 is 0 Å². The van der Waals surface area contributed by atoms with Gasteiger partial charge in [0.25, 0.3) is 0 Å². The van der Waals surface area contributed by atoms with Crippen molar-refractivity contribution in [2.24, 2.45) is 0 Å². The second kappa shape index (κ2) is 5.92. The number of hydrogen-bond acceptors (Lipinski definition) is 4. The van der Waals surface area contributed by atoms with E-state index in [0.29, 0.717) is 11.7 Å². The molecule has 2 atom stereocenters. The van der Waals surface area contributed by atoms with E-state index in [9.17, 15) is 0 Å². The summed E-state index contributed by atoms with van der Waals surface area (Å²) in [4.78, 5) is 4.07. The second-order valence-electron chi connectivity index (χ2n) is 4.41. The highest BCUT2D eigenvalue weighted by atomic mass is 32.2. The number of aromatic nitrogens is 1. The van der Waals surface area contributed by atoms with E-state index >= 15 is 0 Å². The fourth-order valence-electron chi connectivity index (χ4n) is 2.27. The van der Waals surface area contributed by atoms with E-state index in [4.69, 9.17) is 5.26 Å². The summed E-state index contributed by atoms with van der Waals surface area (Å²) in [7, 11) is 0. The Hall–Kier alpha value is -1.21. The highest BCUT2D eigenvalue weighted by molar-refractivity contribution is 7.99. The molecule has 1 saturated carbocycles. The molecule has 0 unspecified atom stereocenters. The van der Waals surface area contributed by atoms with Crippen molar-refractivity contribution in [3.63, 3.8) is 0 Å². The average molecular weight is 247 g/mol. The van der Waals surface area contributed by atoms with Gasteiger partial charge < -0.3 is 5.32 Å². The molecule has 90 valence electrons. The van der Waals surface area contributed by atoms with Gasteiger partial charge in [-0.15, -0.1) is 0 Å². The third-order valence-corrected chi connectivity index (χ3v) is 4.30. The van der Waals surface area contributed by atoms with E-state index in [2.05, 4.69) is 16.6 Å². The fraction of sp³-hybridized carbons (Fsp3) is 0.538. The maximum atomic E-state index is 8.68. The molecule has 2 rings (SSSR count). The molecule has 0 amide bonds. The van der Waals surface area contributed by atoms with Gasteiger partial charge in [-0.05, 0) is 37.7 Å². The summed E-state index contributed by atoms with van der Waals surface area (Å²) in [6.45, 7) is 0. The Morgan fingerprint density at radius 3 is 3.00 bits per heavy atom. The van der Waals surface area contributed by atoms with Gasteiger partial charge in [0.15, 0.2) is 0 Å². The van der Waals surface area contributed by atoms with Gasteiger partial charge >= 0.3 is 0 Å². The van der Waals surface area contributed by atoms with Gasteiger partial charge in [-0.1, -0.05) is 6.42 Å². The van der Waals surface area contributed by atoms with E-state index in [1.54, 1.807) is 12.3 Å². The first-order chi connectivity index (χ1) is 8.31. The van der Waals surface area contributed by atoms with E-state index in [1.165, 1.54) is 25.7 Å². The van der Waals surface area contributed by atoms with Crippen LogP contribution >= 0.6 is 11.8 Å². The molecule has 0 aliphatic heterocycles. The zero-order chi connectivity index (χ0) is 12.1. The van der Waals surface area contributed by atoms with Crippen LogP contribution in [0.3, 0.4) is 0 Å². The molecular weight excluding hydrogens is 230 g/mol. The first-order valence-electron chi connectivity index (χ1n) is 5.97. The molecule has 0 bridgehead atoms. The van der Waals surface area contributed by atoms with Gasteiger partial charge in [-0.2, -0.15) is 17.0 Å². The van der Waals surface area contributed by atoms with Crippen LogP contribution in [0.15, 0.2) is 18.3 Å². The first kappa shape index (κ1) is 12.3. The quantitative estimate of drug-likeness (QED) is 0.892. The summed E-state index contributed by atoms with van der Waals surface area (Å²) >= 11 is 1.97. The van der Waals surface area contributed by atoms with Crippen LogP contribution in [0.5, 0.6) is 0 Å². The Labute approximate surface area is 107 Å². The lowest BCUT2D eigenvalue weighted by molar-refractivity contribution is 0.473. The van der Waals surface area contributed by atoms with Crippen molar-refractivity contribution in [1.82, 2.24) is 4.98 Å². The molecule has 17 heavy (non-hydrogen) atoms. The lowest BCUT2D eigenvalue weighted by atomic mass is 9.95. The van der Waals surface area contributed by atoms with Gasteiger partial charge in [0.05, 0.1) is 11.9 Å². The third-order valence-electron chi connectivity index (χ3n) is 3.21. The normalized spacial score (nSPS) is 24.0. The van der Waals surface area contributed by atoms with Crippen molar-refractivity contribution >= 4 is 17.4 Å². The number of anilines is 1. The van der Waals surface area contributed by atoms with E-state index in [-0.39, 0.29) is 0 Å². The standard InChI is InChI=1S/C13H17N3S/c1-17-13-4-2-3-10(7-13)16-12-6-5-11(8-14)15-9-12/h5-6,9-10,13,16H,2-4,7H2,1H3/t10-,13-/m0/s1. The molecule has 1 aromatic heterocycles. The Kier molecular flexibility index (Phi) is 4.27. The molecule has 1 fully saturated rings. The Balaban J connectivity index is 1.93. The predicted octanol–water partition coefficient (Wildman–Crippen LogP) is 3.04. The zero-order valence-corrected chi connectivity index (χ0v) is 10.8. The van der Waals surface area contributed by atoms with Crippen LogP contribution in [0.2, 0.25) is 0 Å². The lowest BCUT2D eigenvalue weighted by Gasteiger charge is -2.29. The van der Waals surface area contributed by atoms with Crippen molar-refractivity contribution in [2.75, 3.05) is 11.6 Å². The smallest absolute Gasteiger partial charge is 0.140 e. The molecule has 1 heterocycles. The van der Waals surface area contributed by atoms with Crippen LogP contribution in [0.4, 0.5) is 5.69 Å². The largest absolute Gasteiger partial charge is 0.381 e. The number of rotatable bonds is 3. The Morgan fingerprint density at radius 1 is 1.47 bits per heavy atom. The molecule has 1 aliphatic carbocycles. The van der Waals surface area contributed by atoms with Crippen LogP contribution in [-0.4, -0.2) is 22.5 Å². The predicted molar refractivity (Wildman–Crippen MR) is 72.1 cm³/mol. The molecule has 0 aromatic carbocycles. The number of hydrogen-bond donors (Lipinski definition) is 1. The monoisotopic (exact) mass is 247 g/mol. The minimum Gasteiger partial charge on any atom is -0.381 e. The van der Waals surface area contributed by atoms with E-state index in [1.807, 2.05) is 23.9 Å². The van der Waals surface area contributed by atoms with Gasteiger partial charge in [-0.25, -0.2) is 4.98 Å². The van der Waals surface area contributed by atoms with Crippen molar-refractivity contribution in [1.29, 1.82) is 5.26 Å². The average Bonchev–Trinajstić information content (AvgIpc) is 2.40. The summed E-state index contributed by atoms with van der Waals surface area (Å²) in [5.74, 6) is 0. The van der Waals surface area contributed by atoms with Gasteiger partial charge in [0, 0.05) is 11.3 Å². The molecular formula is C13H17N3S. The lowest BCUT2D eigenvalue weighted by Crippen LogP contribution is -2.28. The fourth-order valence-corrected chi connectivity index (χ4v) is 3.10. The van der Waals surface area contributed by atoms with Crippen molar-refractivity contribution in [2.45, 2.75) is 37.0 Å². The van der Waals surface area contributed by atoms with Crippen LogP contribution in [0, 0.1) is 11.3 Å². The molecule has 1 aromatic rings. The van der Waals surface area contributed by atoms with Crippen molar-refractivity contribution in [3.05, 3.63) is 24.0 Å². The SMILES string of the molecule is CS[C@H]1CCC[C@H](Nc2ccc(C#N)nc2)C1. The highest BCUT2D eigenvalue weighted by Crippen LogP contribution is 2.28. The van der Waals surface area contributed by atoms with E-state index < -0.39 is 0 Å². The summed E-state index contributed by atoms with van der Waals surface area (Å²) < 4.78 is 0. The van der Waals surface area contributed by atoms with Gasteiger partial charge in [0.1, 0.15) is 11.8 Å². The van der Waals surface area contributed by atoms with Crippen LogP contribution < -0.4 is 5.32 Å². The maximum Gasteiger partial charge on any atom is 0.140 e. The number of nitrogens with one attached hydrogen (secondary N) is 1. The molecule has 0 spiro atoms. The number of nitrogens with zero attached hydrogens (tertiary/aromatic N) is 2. The minimum atomic E-state index is 0.473. The molecule has 1 N–H and O–H groups in total. The minimum absolute atomic E-state index is 0.473. The summed E-state index contributed by atoms with van der Waals surface area (Å²) in [6, 6.07) is 6.28. The molecule has 0 saturated heterocycles. The number of nitriles is 1. The van der Waals surface area contributed by atoms with Crippen LogP contribution in [0.1, 0.15) is 31.4 Å². The molecule has 3 nitrogen and oxygen atoms in total. The van der Waals surface area contributed by atoms with Crippen LogP contribution in [-0.2, 0) is 0 Å². The van der Waals surface area contributed by atoms with Crippen LogP contribution in [0.25, 0.3) is 0 Å². The first-order valence-corrected chi connectivity index (χ1v) is 7.26. The zero-order valence-electron chi connectivity index (χ0n) is 10.0.